The van der Waals surface area contributed by atoms with Gasteiger partial charge in [0.25, 0.3) is 0 Å². The van der Waals surface area contributed by atoms with Crippen molar-refractivity contribution >= 4 is 11.8 Å². The normalized spacial score (nSPS) is 21.5. The van der Waals surface area contributed by atoms with E-state index in [9.17, 15) is 13.2 Å². The van der Waals surface area contributed by atoms with Crippen molar-refractivity contribution in [2.24, 2.45) is 11.8 Å². The highest BCUT2D eigenvalue weighted by Crippen LogP contribution is 2.57. The quantitative estimate of drug-likeness (QED) is 0.398. The molecule has 2 aliphatic rings. The zero-order chi connectivity index (χ0) is 23.3. The molecule has 9 nitrogen and oxygen atoms in total. The largest absolute Gasteiger partial charge is 0.416 e. The zero-order valence-electron chi connectivity index (χ0n) is 17.8. The number of anilines is 2. The lowest BCUT2D eigenvalue weighted by atomic mass is 10.1. The molecule has 174 valence electrons. The number of halogens is 3. The Balaban J connectivity index is 1.10. The van der Waals surface area contributed by atoms with Gasteiger partial charge in [-0.1, -0.05) is 12.1 Å². The molecular weight excluding hydrogens is 447 g/mol. The summed E-state index contributed by atoms with van der Waals surface area (Å²) in [5.74, 6) is 3.46. The molecule has 2 atom stereocenters. The third-order valence-electron chi connectivity index (χ3n) is 6.48. The number of nitrogens with zero attached hydrogens (tertiary/aromatic N) is 6. The van der Waals surface area contributed by atoms with Gasteiger partial charge in [0.15, 0.2) is 5.82 Å². The minimum absolute atomic E-state index is 0.167. The molecule has 4 heterocycles. The molecule has 0 amide bonds. The summed E-state index contributed by atoms with van der Waals surface area (Å²) in [6, 6.07) is 6.91. The number of imidazole rings is 1. The lowest BCUT2D eigenvalue weighted by Gasteiger charge is -2.19. The van der Waals surface area contributed by atoms with Crippen LogP contribution in [0.2, 0.25) is 0 Å². The fourth-order valence-electron chi connectivity index (χ4n) is 4.75. The first-order chi connectivity index (χ1) is 16.5. The van der Waals surface area contributed by atoms with Gasteiger partial charge in [0.1, 0.15) is 11.5 Å². The molecule has 4 aromatic rings. The van der Waals surface area contributed by atoms with Gasteiger partial charge in [-0.25, -0.2) is 15.0 Å². The van der Waals surface area contributed by atoms with E-state index in [2.05, 4.69) is 45.6 Å². The molecule has 1 aliphatic carbocycles. The van der Waals surface area contributed by atoms with Crippen molar-refractivity contribution in [1.29, 1.82) is 0 Å². The number of aromatic amines is 2. The summed E-state index contributed by atoms with van der Waals surface area (Å²) >= 11 is 0. The lowest BCUT2D eigenvalue weighted by molar-refractivity contribution is -0.137. The number of nitrogens with one attached hydrogen (secondary N) is 3. The SMILES string of the molecule is FC(F)(F)c1cccc(CNc2nccc(-c3ncc(N4CC5C(C4)C5c4cn[nH]n4)[nH]3)n2)c1. The van der Waals surface area contributed by atoms with Gasteiger partial charge in [-0.15, -0.1) is 0 Å². The highest BCUT2D eigenvalue weighted by atomic mass is 19.4. The van der Waals surface area contributed by atoms with Crippen LogP contribution in [0.3, 0.4) is 0 Å². The number of fused-ring (bicyclic) bond motifs is 1. The van der Waals surface area contributed by atoms with E-state index in [1.165, 1.54) is 6.07 Å². The average molecular weight is 467 g/mol. The fraction of sp³-hybridized carbons (Fsp3) is 0.318. The smallest absolute Gasteiger partial charge is 0.356 e. The van der Waals surface area contributed by atoms with Crippen molar-refractivity contribution in [3.63, 3.8) is 0 Å². The number of alkyl halides is 3. The van der Waals surface area contributed by atoms with Gasteiger partial charge in [0, 0.05) is 31.7 Å². The van der Waals surface area contributed by atoms with Gasteiger partial charge in [0.05, 0.1) is 23.7 Å². The molecule has 1 saturated heterocycles. The van der Waals surface area contributed by atoms with E-state index >= 15 is 0 Å². The molecule has 34 heavy (non-hydrogen) atoms. The summed E-state index contributed by atoms with van der Waals surface area (Å²) in [5.41, 5.74) is 1.43. The summed E-state index contributed by atoms with van der Waals surface area (Å²) in [4.78, 5) is 18.7. The fourth-order valence-corrected chi connectivity index (χ4v) is 4.75. The zero-order valence-corrected chi connectivity index (χ0v) is 17.8. The second-order valence-electron chi connectivity index (χ2n) is 8.59. The van der Waals surface area contributed by atoms with Crippen LogP contribution < -0.4 is 10.2 Å². The molecule has 1 aromatic carbocycles. The molecule has 2 fully saturated rings. The highest BCUT2D eigenvalue weighted by Gasteiger charge is 2.57. The predicted octanol–water partition coefficient (Wildman–Crippen LogP) is 3.47. The Morgan fingerprint density at radius 3 is 2.71 bits per heavy atom. The topological polar surface area (TPSA) is 111 Å². The van der Waals surface area contributed by atoms with Gasteiger partial charge in [0.2, 0.25) is 5.95 Å². The third kappa shape index (κ3) is 3.84. The highest BCUT2D eigenvalue weighted by molar-refractivity contribution is 5.56. The van der Waals surface area contributed by atoms with Gasteiger partial charge >= 0.3 is 6.18 Å². The molecule has 1 saturated carbocycles. The van der Waals surface area contributed by atoms with Gasteiger partial charge in [-0.3, -0.25) is 0 Å². The Morgan fingerprint density at radius 2 is 1.94 bits per heavy atom. The second kappa shape index (κ2) is 7.82. The summed E-state index contributed by atoms with van der Waals surface area (Å²) in [6.07, 6.45) is 0.807. The molecule has 0 radical (unpaired) electrons. The van der Waals surface area contributed by atoms with E-state index in [0.29, 0.717) is 40.8 Å². The Bertz CT molecular complexity index is 1290. The van der Waals surface area contributed by atoms with Crippen LogP contribution in [0.25, 0.3) is 11.5 Å². The van der Waals surface area contributed by atoms with E-state index in [1.807, 2.05) is 0 Å². The maximum absolute atomic E-state index is 12.9. The van der Waals surface area contributed by atoms with Crippen LogP contribution in [0.1, 0.15) is 22.7 Å². The first kappa shape index (κ1) is 20.6. The van der Waals surface area contributed by atoms with Crippen molar-refractivity contribution in [3.8, 4) is 11.5 Å². The van der Waals surface area contributed by atoms with E-state index in [0.717, 1.165) is 36.7 Å². The van der Waals surface area contributed by atoms with Crippen LogP contribution in [-0.4, -0.2) is 48.4 Å². The van der Waals surface area contributed by atoms with Crippen LogP contribution in [-0.2, 0) is 12.7 Å². The van der Waals surface area contributed by atoms with E-state index in [1.54, 1.807) is 30.7 Å². The van der Waals surface area contributed by atoms with Crippen molar-refractivity contribution < 1.29 is 13.2 Å². The monoisotopic (exact) mass is 467 g/mol. The van der Waals surface area contributed by atoms with Crippen LogP contribution >= 0.6 is 0 Å². The van der Waals surface area contributed by atoms with Crippen LogP contribution in [0.4, 0.5) is 24.9 Å². The van der Waals surface area contributed by atoms with Gasteiger partial charge < -0.3 is 15.2 Å². The number of hydrogen-bond acceptors (Lipinski definition) is 7. The van der Waals surface area contributed by atoms with Gasteiger partial charge in [-0.05, 0) is 35.6 Å². The van der Waals surface area contributed by atoms with Crippen molar-refractivity contribution in [2.45, 2.75) is 18.6 Å². The Hall–Kier alpha value is -3.96. The minimum atomic E-state index is -4.38. The van der Waals surface area contributed by atoms with E-state index < -0.39 is 11.7 Å². The Kier molecular flexibility index (Phi) is 4.74. The first-order valence-electron chi connectivity index (χ1n) is 10.8. The minimum Gasteiger partial charge on any atom is -0.356 e. The Labute approximate surface area is 191 Å². The predicted molar refractivity (Wildman–Crippen MR) is 117 cm³/mol. The molecule has 2 unspecified atom stereocenters. The first-order valence-corrected chi connectivity index (χ1v) is 10.8. The number of benzene rings is 1. The third-order valence-corrected chi connectivity index (χ3v) is 6.48. The van der Waals surface area contributed by atoms with Gasteiger partial charge in [-0.2, -0.15) is 28.6 Å². The standard InChI is InChI=1S/C22H20F3N9/c23-22(24,25)13-3-1-2-12(6-13)7-28-21-26-5-4-16(30-21)20-27-9-18(31-20)34-10-14-15(11-34)19(14)17-8-29-33-32-17/h1-6,8-9,14-15,19H,7,10-11H2,(H,27,31)(H,26,28,30)(H,29,32,33). The summed E-state index contributed by atoms with van der Waals surface area (Å²) in [6.45, 7) is 2.02. The number of aromatic nitrogens is 7. The molecular formula is C22H20F3N9. The van der Waals surface area contributed by atoms with Crippen molar-refractivity contribution in [3.05, 3.63) is 65.7 Å². The summed E-state index contributed by atoms with van der Waals surface area (Å²) in [5, 5.41) is 13.8. The van der Waals surface area contributed by atoms with E-state index in [-0.39, 0.29) is 6.54 Å². The lowest BCUT2D eigenvalue weighted by Crippen LogP contribution is -2.23. The number of rotatable bonds is 6. The maximum Gasteiger partial charge on any atom is 0.416 e. The number of hydrogen-bond donors (Lipinski definition) is 3. The van der Waals surface area contributed by atoms with Crippen LogP contribution in [0, 0.1) is 11.8 Å². The summed E-state index contributed by atoms with van der Waals surface area (Å²) in [7, 11) is 0. The summed E-state index contributed by atoms with van der Waals surface area (Å²) < 4.78 is 38.8. The molecule has 12 heteroatoms. The number of piperidine rings is 1. The molecule has 6 rings (SSSR count). The molecule has 0 spiro atoms. The van der Waals surface area contributed by atoms with Crippen molar-refractivity contribution in [2.75, 3.05) is 23.3 Å². The van der Waals surface area contributed by atoms with Crippen LogP contribution in [0.5, 0.6) is 0 Å². The van der Waals surface area contributed by atoms with E-state index in [4.69, 9.17) is 0 Å². The molecule has 1 aliphatic heterocycles. The molecule has 0 bridgehead atoms. The second-order valence-corrected chi connectivity index (χ2v) is 8.59. The maximum atomic E-state index is 12.9. The van der Waals surface area contributed by atoms with Crippen LogP contribution in [0.15, 0.2) is 48.9 Å². The molecule has 3 aromatic heterocycles. The molecule has 3 N–H and O–H groups in total. The average Bonchev–Trinajstić information content (AvgIpc) is 3.37. The Morgan fingerprint density at radius 1 is 1.09 bits per heavy atom. The van der Waals surface area contributed by atoms with Crippen molar-refractivity contribution in [1.82, 2.24) is 35.3 Å². The number of H-pyrrole nitrogens is 2.